The Hall–Kier alpha value is -1.39. The summed E-state index contributed by atoms with van der Waals surface area (Å²) < 4.78 is 0. The maximum absolute atomic E-state index is 5.56. The normalized spacial score (nSPS) is 35.0. The molecule has 4 N–H and O–H groups in total. The number of hydrogen-bond acceptors (Lipinski definition) is 4. The van der Waals surface area contributed by atoms with E-state index < -0.39 is 0 Å². The maximum atomic E-state index is 5.56. The van der Waals surface area contributed by atoms with Gasteiger partial charge in [0.25, 0.3) is 6.34 Å². The number of nitrogens with zero attached hydrogens (tertiary/aromatic N) is 2. The van der Waals surface area contributed by atoms with Crippen LogP contribution in [-0.4, -0.2) is 30.7 Å². The molecular weight excluding hydrogens is 130 g/mol. The molecule has 0 spiro atoms. The van der Waals surface area contributed by atoms with E-state index in [1.807, 2.05) is 0 Å². The van der Waals surface area contributed by atoms with Crippen LogP contribution in [-0.2, 0) is 0 Å². The number of amidine groups is 1. The largest absolute Gasteiger partial charge is 0.364 e. The summed E-state index contributed by atoms with van der Waals surface area (Å²) in [5.41, 5.74) is 5.56. The van der Waals surface area contributed by atoms with Crippen molar-refractivity contribution in [2.75, 3.05) is 0 Å². The number of rotatable bonds is 0. The molecule has 2 rings (SSSR count). The molecule has 0 amide bonds. The van der Waals surface area contributed by atoms with Crippen molar-refractivity contribution in [3.8, 4) is 0 Å². The fraction of sp³-hybridized carbons (Fsp3) is 0.400. The SMILES string of the molecule is NC1=NC=[NH+]C2N=CN[C@H]12. The van der Waals surface area contributed by atoms with Crippen LogP contribution >= 0.6 is 0 Å². The van der Waals surface area contributed by atoms with Crippen molar-refractivity contribution < 1.29 is 4.99 Å². The second-order valence-corrected chi connectivity index (χ2v) is 2.22. The summed E-state index contributed by atoms with van der Waals surface area (Å²) in [5, 5.41) is 2.98. The topological polar surface area (TPSA) is 76.7 Å². The Balaban J connectivity index is 2.29. The van der Waals surface area contributed by atoms with Crippen molar-refractivity contribution in [3.05, 3.63) is 0 Å². The highest BCUT2D eigenvalue weighted by Gasteiger charge is 2.33. The average Bonchev–Trinajstić information content (AvgIpc) is 2.36. The van der Waals surface area contributed by atoms with E-state index in [2.05, 4.69) is 20.3 Å². The van der Waals surface area contributed by atoms with E-state index in [1.165, 1.54) is 0 Å². The number of fused-ring (bicyclic) bond motifs is 1. The van der Waals surface area contributed by atoms with E-state index in [1.54, 1.807) is 12.7 Å². The van der Waals surface area contributed by atoms with Gasteiger partial charge in [-0.3, -0.25) is 4.99 Å². The molecule has 0 saturated heterocycles. The molecule has 0 radical (unpaired) electrons. The Morgan fingerprint density at radius 1 is 1.70 bits per heavy atom. The lowest BCUT2D eigenvalue weighted by molar-refractivity contribution is -0.497. The van der Waals surface area contributed by atoms with Crippen LogP contribution in [0.2, 0.25) is 0 Å². The van der Waals surface area contributed by atoms with E-state index in [9.17, 15) is 0 Å². The maximum Gasteiger partial charge on any atom is 0.283 e. The number of aliphatic imine (C=N–C) groups is 2. The lowest BCUT2D eigenvalue weighted by Crippen LogP contribution is -2.82. The van der Waals surface area contributed by atoms with Crippen molar-refractivity contribution in [1.29, 1.82) is 0 Å². The monoisotopic (exact) mass is 138 g/mol. The van der Waals surface area contributed by atoms with Crippen LogP contribution in [0.1, 0.15) is 0 Å². The molecule has 5 heteroatoms. The molecule has 0 saturated carbocycles. The molecule has 52 valence electrons. The van der Waals surface area contributed by atoms with Crippen LogP contribution in [0.3, 0.4) is 0 Å². The fourth-order valence-electron chi connectivity index (χ4n) is 1.04. The minimum Gasteiger partial charge on any atom is -0.364 e. The summed E-state index contributed by atoms with van der Waals surface area (Å²) in [5.74, 6) is 0.584. The van der Waals surface area contributed by atoms with E-state index in [0.717, 1.165) is 0 Å². The second kappa shape index (κ2) is 1.80. The summed E-state index contributed by atoms with van der Waals surface area (Å²) in [6.45, 7) is 0. The summed E-state index contributed by atoms with van der Waals surface area (Å²) in [4.78, 5) is 10.9. The van der Waals surface area contributed by atoms with Gasteiger partial charge in [-0.15, -0.1) is 0 Å². The zero-order chi connectivity index (χ0) is 6.97. The van der Waals surface area contributed by atoms with Crippen molar-refractivity contribution in [2.45, 2.75) is 12.2 Å². The van der Waals surface area contributed by atoms with Crippen LogP contribution in [0, 0.1) is 0 Å². The van der Waals surface area contributed by atoms with Gasteiger partial charge >= 0.3 is 0 Å². The first-order chi connectivity index (χ1) is 4.88. The molecule has 0 aromatic rings. The predicted octanol–water partition coefficient (Wildman–Crippen LogP) is -3.21. The van der Waals surface area contributed by atoms with Gasteiger partial charge in [0, 0.05) is 0 Å². The van der Waals surface area contributed by atoms with Crippen LogP contribution in [0.15, 0.2) is 9.98 Å². The summed E-state index contributed by atoms with van der Waals surface area (Å²) in [6.07, 6.45) is 3.25. The third-order valence-electron chi connectivity index (χ3n) is 1.58. The third kappa shape index (κ3) is 0.601. The molecule has 5 nitrogen and oxygen atoms in total. The molecule has 2 aliphatic rings. The lowest BCUT2D eigenvalue weighted by atomic mass is 10.2. The predicted molar refractivity (Wildman–Crippen MR) is 37.9 cm³/mol. The van der Waals surface area contributed by atoms with Crippen molar-refractivity contribution >= 4 is 18.5 Å². The Morgan fingerprint density at radius 2 is 2.60 bits per heavy atom. The Bertz CT molecular complexity index is 228. The highest BCUT2D eigenvalue weighted by molar-refractivity contribution is 5.94. The summed E-state index contributed by atoms with van der Waals surface area (Å²) in [6, 6.07) is 0.0463. The number of nitrogens with one attached hydrogen (secondary N) is 2. The zero-order valence-electron chi connectivity index (χ0n) is 5.28. The van der Waals surface area contributed by atoms with Crippen molar-refractivity contribution in [3.63, 3.8) is 0 Å². The summed E-state index contributed by atoms with van der Waals surface area (Å²) >= 11 is 0. The van der Waals surface area contributed by atoms with Gasteiger partial charge in [-0.05, 0) is 4.99 Å². The molecule has 2 atom stereocenters. The molecule has 0 aromatic heterocycles. The number of hydrogen-bond donors (Lipinski definition) is 3. The molecule has 2 heterocycles. The van der Waals surface area contributed by atoms with Crippen LogP contribution in [0.5, 0.6) is 0 Å². The molecule has 0 fully saturated rings. The van der Waals surface area contributed by atoms with Gasteiger partial charge in [0.05, 0.1) is 6.34 Å². The van der Waals surface area contributed by atoms with E-state index in [4.69, 9.17) is 5.73 Å². The summed E-state index contributed by atoms with van der Waals surface area (Å²) in [7, 11) is 0. The molecule has 1 unspecified atom stereocenters. The Morgan fingerprint density at radius 3 is 3.40 bits per heavy atom. The van der Waals surface area contributed by atoms with Gasteiger partial charge < -0.3 is 11.1 Å². The van der Waals surface area contributed by atoms with Gasteiger partial charge in [-0.1, -0.05) is 0 Å². The molecule has 0 aliphatic carbocycles. The van der Waals surface area contributed by atoms with Gasteiger partial charge in [0.2, 0.25) is 12.0 Å². The number of nitrogens with two attached hydrogens (primary N) is 1. The first-order valence-electron chi connectivity index (χ1n) is 3.06. The van der Waals surface area contributed by atoms with E-state index in [-0.39, 0.29) is 12.2 Å². The van der Waals surface area contributed by atoms with Gasteiger partial charge in [0.15, 0.2) is 6.04 Å². The molecule has 0 bridgehead atoms. The molecule has 2 aliphatic heterocycles. The fourth-order valence-corrected chi connectivity index (χ4v) is 1.04. The van der Waals surface area contributed by atoms with Crippen LogP contribution < -0.4 is 16.0 Å². The average molecular weight is 138 g/mol. The second-order valence-electron chi connectivity index (χ2n) is 2.22. The highest BCUT2D eigenvalue weighted by atomic mass is 15.2. The van der Waals surface area contributed by atoms with Gasteiger partial charge in [0.1, 0.15) is 0 Å². The van der Waals surface area contributed by atoms with Gasteiger partial charge in [-0.2, -0.15) is 0 Å². The van der Waals surface area contributed by atoms with Crippen LogP contribution in [0.25, 0.3) is 0 Å². The quantitative estimate of drug-likeness (QED) is 0.329. The Kier molecular flexibility index (Phi) is 0.969. The van der Waals surface area contributed by atoms with Gasteiger partial charge in [-0.25, -0.2) is 4.99 Å². The first kappa shape index (κ1) is 5.40. The standard InChI is InChI=1S/C5H7N5/c6-4-3-5(9-1-7-3)10-2-8-4/h1-3,5H,(H,7,9)(H2,6,8,10)/p+1/t3-,5?/m1/s1. The van der Waals surface area contributed by atoms with E-state index in [0.29, 0.717) is 5.84 Å². The molecular formula is C5H8N5+. The first-order valence-corrected chi connectivity index (χ1v) is 3.06. The van der Waals surface area contributed by atoms with Crippen molar-refractivity contribution in [2.24, 2.45) is 15.7 Å². The third-order valence-corrected chi connectivity index (χ3v) is 1.58. The highest BCUT2D eigenvalue weighted by Crippen LogP contribution is 1.96. The smallest absolute Gasteiger partial charge is 0.283 e. The zero-order valence-corrected chi connectivity index (χ0v) is 5.28. The lowest BCUT2D eigenvalue weighted by Gasteiger charge is -2.10. The minimum atomic E-state index is 0.0394. The minimum absolute atomic E-state index is 0.0394. The van der Waals surface area contributed by atoms with E-state index >= 15 is 0 Å². The van der Waals surface area contributed by atoms with Crippen molar-refractivity contribution in [1.82, 2.24) is 5.32 Å². The molecule has 10 heavy (non-hydrogen) atoms. The Labute approximate surface area is 57.8 Å². The van der Waals surface area contributed by atoms with Crippen LogP contribution in [0.4, 0.5) is 0 Å². The molecule has 0 aromatic carbocycles.